The van der Waals surface area contributed by atoms with E-state index in [4.69, 9.17) is 14.2 Å². The molecule has 0 unspecified atom stereocenters. The molecule has 0 bridgehead atoms. The Morgan fingerprint density at radius 2 is 1.66 bits per heavy atom. The van der Waals surface area contributed by atoms with Crippen molar-refractivity contribution in [3.63, 3.8) is 0 Å². The number of carbonyl (C=O) groups is 4. The van der Waals surface area contributed by atoms with Crippen molar-refractivity contribution in [3.8, 4) is 23.0 Å². The number of alkyl halides is 2. The highest BCUT2D eigenvalue weighted by Crippen LogP contribution is 2.39. The minimum atomic E-state index is -3.57. The predicted octanol–water partition coefficient (Wildman–Crippen LogP) is 5.51. The maximum atomic E-state index is 15.0. The maximum Gasteiger partial charge on any atom is 0.329 e. The Kier molecular flexibility index (Phi) is 14.7. The van der Waals surface area contributed by atoms with E-state index in [1.54, 1.807) is 42.3 Å². The topological polar surface area (TPSA) is 198 Å². The Labute approximate surface area is 402 Å². The van der Waals surface area contributed by atoms with Crippen LogP contribution in [0.2, 0.25) is 0 Å². The van der Waals surface area contributed by atoms with Crippen molar-refractivity contribution in [2.45, 2.75) is 44.6 Å². The van der Waals surface area contributed by atoms with Gasteiger partial charge in [-0.2, -0.15) is 5.10 Å². The zero-order valence-corrected chi connectivity index (χ0v) is 40.0. The Hall–Kier alpha value is -6.78. The zero-order valence-electron chi connectivity index (χ0n) is 39.2. The molecule has 18 nitrogen and oxygen atoms in total. The summed E-state index contributed by atoms with van der Waals surface area (Å²) in [5.41, 5.74) is 2.43. The summed E-state index contributed by atoms with van der Waals surface area (Å²) in [6.07, 6.45) is 3.80. The van der Waals surface area contributed by atoms with Crippen LogP contribution < -0.4 is 34.6 Å². The number of imide groups is 2. The number of hydrogen-bond acceptors (Lipinski definition) is 14. The highest BCUT2D eigenvalue weighted by atomic mass is 32.2. The van der Waals surface area contributed by atoms with Crippen LogP contribution in [0.15, 0.2) is 66.9 Å². The predicted molar refractivity (Wildman–Crippen MR) is 253 cm³/mol. The number of amides is 5. The number of urea groups is 1. The highest BCUT2D eigenvalue weighted by Gasteiger charge is 2.45. The van der Waals surface area contributed by atoms with Gasteiger partial charge in [0, 0.05) is 83.1 Å². The standard InChI is InChI=1S/C25H26F3N5O3.C23H28N4O6S/c1-31-20-14-21(19(26)13-18(20)23(30-31)33-12-8-22(34)29-24(33)35)36-17-5-3-16(4-6-17)7-11-32-10-2-9-25(27,28)15-32;1-4-33-19-13-15(5-6-18(19)32-2)17(14-34(3,30)31)27-22(28)16-7-8-25-21(20(16)23(27)29)26-11-9-24-10-12-26/h3-6,13-14H,2,7-12,15H2,1H3,(H,29,34,35);5-8,13,17,24H,4,9-12,14H2,1-3H3/t;17-/m.1/s1. The van der Waals surface area contributed by atoms with Crippen LogP contribution in [0, 0.1) is 5.82 Å². The molecule has 372 valence electrons. The number of anilines is 2. The summed E-state index contributed by atoms with van der Waals surface area (Å²) in [6, 6.07) is 14.7. The lowest BCUT2D eigenvalue weighted by Crippen LogP contribution is -2.49. The van der Waals surface area contributed by atoms with Gasteiger partial charge in [-0.25, -0.2) is 31.4 Å². The third kappa shape index (κ3) is 11.0. The first-order chi connectivity index (χ1) is 33.4. The minimum Gasteiger partial charge on any atom is -0.493 e. The van der Waals surface area contributed by atoms with Crippen LogP contribution in [-0.2, 0) is 28.1 Å². The van der Waals surface area contributed by atoms with Crippen LogP contribution in [0.5, 0.6) is 23.0 Å². The van der Waals surface area contributed by atoms with E-state index in [0.717, 1.165) is 29.8 Å². The molecule has 0 spiro atoms. The molecule has 2 aromatic heterocycles. The van der Waals surface area contributed by atoms with Gasteiger partial charge in [0.15, 0.2) is 28.9 Å². The number of pyridine rings is 1. The number of fused-ring (bicyclic) bond motifs is 2. The van der Waals surface area contributed by atoms with Gasteiger partial charge in [0.05, 0.1) is 48.7 Å². The SMILES string of the molecule is CCOc1cc([C@@H](CS(C)(=O)=O)N2C(=O)c3ccnc(N4CCNCC4)c3C2=O)ccc1OC.Cn1nc(N2CCC(=O)NC2=O)c2cc(F)c(Oc3ccc(CCN4CCCC(F)(F)C4)cc3)cc21. The van der Waals surface area contributed by atoms with Gasteiger partial charge in [-0.05, 0) is 73.8 Å². The number of rotatable bonds is 14. The van der Waals surface area contributed by atoms with Crippen LogP contribution in [0.4, 0.5) is 29.6 Å². The van der Waals surface area contributed by atoms with E-state index in [1.807, 2.05) is 24.0 Å². The Morgan fingerprint density at radius 1 is 0.900 bits per heavy atom. The summed E-state index contributed by atoms with van der Waals surface area (Å²) in [5.74, 6) is -3.11. The lowest BCUT2D eigenvalue weighted by atomic mass is 10.1. The number of benzene rings is 3. The molecule has 4 aliphatic rings. The van der Waals surface area contributed by atoms with E-state index >= 15 is 0 Å². The normalized spacial score (nSPS) is 17.8. The average molecular weight is 990 g/mol. The van der Waals surface area contributed by atoms with Crippen molar-refractivity contribution in [2.75, 3.05) is 87.9 Å². The van der Waals surface area contributed by atoms with Crippen molar-refractivity contribution in [1.29, 1.82) is 0 Å². The first-order valence-electron chi connectivity index (χ1n) is 22.9. The molecule has 6 heterocycles. The number of aryl methyl sites for hydroxylation is 1. The first kappa shape index (κ1) is 49.6. The van der Waals surface area contributed by atoms with Crippen molar-refractivity contribution in [2.24, 2.45) is 7.05 Å². The number of ether oxygens (including phenoxy) is 3. The van der Waals surface area contributed by atoms with Crippen molar-refractivity contribution in [3.05, 3.63) is 94.9 Å². The van der Waals surface area contributed by atoms with E-state index in [-0.39, 0.29) is 54.5 Å². The van der Waals surface area contributed by atoms with E-state index in [9.17, 15) is 40.8 Å². The number of methoxy groups -OCH3 is 1. The summed E-state index contributed by atoms with van der Waals surface area (Å²) in [4.78, 5) is 61.3. The summed E-state index contributed by atoms with van der Waals surface area (Å²) in [5, 5.41) is 10.3. The number of piperazine rings is 1. The molecule has 22 heteroatoms. The number of sulfone groups is 1. The van der Waals surface area contributed by atoms with Crippen LogP contribution in [0.25, 0.3) is 10.9 Å². The molecule has 0 aliphatic carbocycles. The molecule has 3 aromatic carbocycles. The number of halogens is 3. The van der Waals surface area contributed by atoms with Gasteiger partial charge >= 0.3 is 6.03 Å². The largest absolute Gasteiger partial charge is 0.493 e. The fourth-order valence-corrected chi connectivity index (χ4v) is 9.93. The smallest absolute Gasteiger partial charge is 0.329 e. The van der Waals surface area contributed by atoms with E-state index in [0.29, 0.717) is 85.2 Å². The van der Waals surface area contributed by atoms with Gasteiger partial charge in [-0.15, -0.1) is 0 Å². The Morgan fingerprint density at radius 3 is 2.34 bits per heavy atom. The summed E-state index contributed by atoms with van der Waals surface area (Å²) in [7, 11) is -0.393. The molecule has 2 N–H and O–H groups in total. The number of likely N-dealkylation sites (tertiary alicyclic amines) is 1. The molecule has 9 rings (SSSR count). The molecule has 3 saturated heterocycles. The molecular weight excluding hydrogens is 936 g/mol. The first-order valence-corrected chi connectivity index (χ1v) is 24.9. The molecule has 4 aliphatic heterocycles. The number of aromatic nitrogens is 3. The molecule has 1 atom stereocenters. The van der Waals surface area contributed by atoms with Gasteiger partial charge in [0.2, 0.25) is 5.91 Å². The number of carbonyl (C=O) groups excluding carboxylic acids is 4. The molecule has 70 heavy (non-hydrogen) atoms. The Balaban J connectivity index is 0.000000189. The second-order valence-electron chi connectivity index (χ2n) is 17.5. The van der Waals surface area contributed by atoms with Crippen LogP contribution in [0.1, 0.15) is 64.1 Å². The van der Waals surface area contributed by atoms with E-state index in [2.05, 4.69) is 20.7 Å². The van der Waals surface area contributed by atoms with Crippen molar-refractivity contribution >= 4 is 56.1 Å². The van der Waals surface area contributed by atoms with Crippen LogP contribution in [0.3, 0.4) is 0 Å². The van der Waals surface area contributed by atoms with E-state index in [1.165, 1.54) is 41.1 Å². The minimum absolute atomic E-state index is 0.00128. The van der Waals surface area contributed by atoms with Gasteiger partial charge in [0.1, 0.15) is 21.4 Å². The molecule has 5 amide bonds. The fraction of sp³-hybridized carbons (Fsp3) is 0.417. The second kappa shape index (κ2) is 20.7. The highest BCUT2D eigenvalue weighted by molar-refractivity contribution is 7.90. The van der Waals surface area contributed by atoms with E-state index < -0.39 is 51.2 Å². The quantitative estimate of drug-likeness (QED) is 0.132. The number of nitrogens with one attached hydrogen (secondary N) is 2. The number of piperidine rings is 1. The van der Waals surface area contributed by atoms with Gasteiger partial charge in [-0.1, -0.05) is 18.2 Å². The van der Waals surface area contributed by atoms with Gasteiger partial charge in [0.25, 0.3) is 17.7 Å². The maximum absolute atomic E-state index is 15.0. The molecule has 3 fully saturated rings. The molecule has 0 saturated carbocycles. The fourth-order valence-electron chi connectivity index (χ4n) is 9.02. The number of hydrogen-bond donors (Lipinski definition) is 2. The monoisotopic (exact) mass is 989 g/mol. The Bertz CT molecular complexity index is 2910. The molecule has 0 radical (unpaired) electrons. The van der Waals surface area contributed by atoms with Crippen LogP contribution in [-0.4, -0.2) is 141 Å². The molecular formula is C48H54F3N9O9S. The lowest BCUT2D eigenvalue weighted by molar-refractivity contribution is -0.120. The zero-order chi connectivity index (χ0) is 49.9. The summed E-state index contributed by atoms with van der Waals surface area (Å²) >= 11 is 0. The second-order valence-corrected chi connectivity index (χ2v) is 19.6. The van der Waals surface area contributed by atoms with Crippen molar-refractivity contribution < 1.29 is 55.0 Å². The van der Waals surface area contributed by atoms with Gasteiger partial charge < -0.3 is 24.4 Å². The third-order valence-electron chi connectivity index (χ3n) is 12.4. The molecule has 5 aromatic rings. The van der Waals surface area contributed by atoms with Gasteiger partial charge in [-0.3, -0.25) is 39.1 Å². The summed E-state index contributed by atoms with van der Waals surface area (Å²) < 4.78 is 85.2. The third-order valence-corrected chi connectivity index (χ3v) is 13.3. The number of nitrogens with zero attached hydrogens (tertiary/aromatic N) is 7. The lowest BCUT2D eigenvalue weighted by Gasteiger charge is -2.32. The van der Waals surface area contributed by atoms with Crippen molar-refractivity contribution in [1.82, 2.24) is 35.2 Å². The van der Waals surface area contributed by atoms with Crippen LogP contribution >= 0.6 is 0 Å². The average Bonchev–Trinajstić information content (AvgIpc) is 3.77. The summed E-state index contributed by atoms with van der Waals surface area (Å²) in [6.45, 7) is 6.12.